The molecule has 6 rings (SSSR count). The molecule has 31 heavy (non-hydrogen) atoms. The summed E-state index contributed by atoms with van der Waals surface area (Å²) >= 11 is 0. The number of hydrogen-bond acceptors (Lipinski definition) is 4. The van der Waals surface area contributed by atoms with Crippen LogP contribution < -0.4 is 4.90 Å². The number of anilines is 1. The predicted octanol–water partition coefficient (Wildman–Crippen LogP) is 4.21. The smallest absolute Gasteiger partial charge is 0.181 e. The molecular weight excluding hydrogens is 400 g/mol. The number of aromatic nitrogens is 4. The van der Waals surface area contributed by atoms with Gasteiger partial charge in [0.1, 0.15) is 23.1 Å². The fraction of sp³-hybridized carbons (Fsp3) is 0.304. The van der Waals surface area contributed by atoms with Crippen molar-refractivity contribution < 1.29 is 13.5 Å². The molecule has 1 atom stereocenters. The maximum atomic E-state index is 14.5. The van der Waals surface area contributed by atoms with Gasteiger partial charge in [0.05, 0.1) is 25.5 Å². The lowest BCUT2D eigenvalue weighted by molar-refractivity contribution is 0.111. The third-order valence-corrected chi connectivity index (χ3v) is 6.25. The first-order chi connectivity index (χ1) is 15.2. The van der Waals surface area contributed by atoms with Crippen molar-refractivity contribution in [2.75, 3.05) is 18.1 Å². The average Bonchev–Trinajstić information content (AvgIpc) is 3.52. The lowest BCUT2D eigenvalue weighted by Crippen LogP contribution is -2.24. The van der Waals surface area contributed by atoms with Crippen molar-refractivity contribution in [3.8, 4) is 5.69 Å². The van der Waals surface area contributed by atoms with Crippen LogP contribution in [-0.2, 0) is 17.8 Å². The van der Waals surface area contributed by atoms with Gasteiger partial charge in [-0.2, -0.15) is 5.10 Å². The van der Waals surface area contributed by atoms with Gasteiger partial charge in [-0.1, -0.05) is 0 Å². The Morgan fingerprint density at radius 2 is 2.00 bits per heavy atom. The number of benzene rings is 1. The monoisotopic (exact) mass is 421 g/mol. The Morgan fingerprint density at radius 1 is 1.10 bits per heavy atom. The fourth-order valence-electron chi connectivity index (χ4n) is 4.72. The third-order valence-electron chi connectivity index (χ3n) is 6.25. The molecule has 0 spiro atoms. The molecule has 1 fully saturated rings. The number of rotatable bonds is 3. The topological polar surface area (TPSA) is 47.6 Å². The fourth-order valence-corrected chi connectivity index (χ4v) is 4.72. The molecule has 0 aliphatic carbocycles. The van der Waals surface area contributed by atoms with Crippen molar-refractivity contribution in [2.45, 2.75) is 31.9 Å². The van der Waals surface area contributed by atoms with Crippen LogP contribution >= 0.6 is 0 Å². The highest BCUT2D eigenvalue weighted by molar-refractivity contribution is 5.62. The zero-order chi connectivity index (χ0) is 20.9. The van der Waals surface area contributed by atoms with Gasteiger partial charge in [-0.3, -0.25) is 0 Å². The first-order valence-corrected chi connectivity index (χ1v) is 10.5. The molecule has 2 aliphatic heterocycles. The van der Waals surface area contributed by atoms with Crippen LogP contribution in [0.1, 0.15) is 35.6 Å². The lowest BCUT2D eigenvalue weighted by atomic mass is 10.0. The maximum absolute atomic E-state index is 14.5. The van der Waals surface area contributed by atoms with Gasteiger partial charge in [0, 0.05) is 30.7 Å². The molecule has 0 N–H and O–H groups in total. The molecule has 0 amide bonds. The summed E-state index contributed by atoms with van der Waals surface area (Å²) in [4.78, 5) is 6.94. The van der Waals surface area contributed by atoms with Crippen LogP contribution in [0, 0.1) is 11.6 Å². The van der Waals surface area contributed by atoms with Gasteiger partial charge in [0.2, 0.25) is 0 Å². The SMILES string of the molecule is Fc1ccc(F)c([C@H]2CCCN2c2ccn3ncc(-n4cc5c(c4)COCC5)c3n2)c1. The van der Waals surface area contributed by atoms with E-state index in [0.29, 0.717) is 12.2 Å². The summed E-state index contributed by atoms with van der Waals surface area (Å²) in [6.07, 6.45) is 10.4. The third kappa shape index (κ3) is 3.09. The molecule has 3 aromatic heterocycles. The number of nitrogens with zero attached hydrogens (tertiary/aromatic N) is 5. The number of ether oxygens (including phenoxy) is 1. The molecule has 0 bridgehead atoms. The molecule has 0 unspecified atom stereocenters. The maximum Gasteiger partial charge on any atom is 0.181 e. The molecule has 0 saturated carbocycles. The largest absolute Gasteiger partial charge is 0.376 e. The lowest BCUT2D eigenvalue weighted by Gasteiger charge is -2.26. The van der Waals surface area contributed by atoms with E-state index in [1.165, 1.54) is 23.3 Å². The first-order valence-electron chi connectivity index (χ1n) is 10.5. The minimum absolute atomic E-state index is 0.243. The van der Waals surface area contributed by atoms with E-state index in [1.54, 1.807) is 10.7 Å². The van der Waals surface area contributed by atoms with Crippen molar-refractivity contribution in [3.63, 3.8) is 0 Å². The van der Waals surface area contributed by atoms with Crippen LogP contribution in [0.15, 0.2) is 49.1 Å². The van der Waals surface area contributed by atoms with Crippen molar-refractivity contribution in [2.24, 2.45) is 0 Å². The van der Waals surface area contributed by atoms with Crippen molar-refractivity contribution in [1.29, 1.82) is 0 Å². The van der Waals surface area contributed by atoms with E-state index >= 15 is 0 Å². The van der Waals surface area contributed by atoms with Crippen LogP contribution in [0.2, 0.25) is 0 Å². The van der Waals surface area contributed by atoms with Gasteiger partial charge in [0.25, 0.3) is 0 Å². The average molecular weight is 421 g/mol. The molecule has 2 aliphatic rings. The van der Waals surface area contributed by atoms with Crippen LogP contribution in [0.5, 0.6) is 0 Å². The zero-order valence-corrected chi connectivity index (χ0v) is 16.8. The Hall–Kier alpha value is -3.26. The second-order valence-electron chi connectivity index (χ2n) is 8.12. The van der Waals surface area contributed by atoms with Gasteiger partial charge in [-0.25, -0.2) is 18.3 Å². The van der Waals surface area contributed by atoms with Gasteiger partial charge < -0.3 is 14.2 Å². The number of halogens is 2. The van der Waals surface area contributed by atoms with Crippen LogP contribution in [0.3, 0.4) is 0 Å². The minimum atomic E-state index is -0.426. The highest BCUT2D eigenvalue weighted by atomic mass is 19.1. The van der Waals surface area contributed by atoms with Crippen LogP contribution in [-0.4, -0.2) is 32.3 Å². The standard InChI is InChI=1S/C23H21F2N5O/c24-17-3-4-19(25)18(10-17)20-2-1-7-29(20)22-5-8-30-23(27-22)21(11-26-30)28-12-15-6-9-31-14-16(15)13-28/h3-5,8,10-13,20H,1-2,6-7,9,14H2/t20-/m1/s1. The molecule has 8 heteroatoms. The van der Waals surface area contributed by atoms with Crippen LogP contribution in [0.25, 0.3) is 11.3 Å². The molecule has 6 nitrogen and oxygen atoms in total. The summed E-state index contributed by atoms with van der Waals surface area (Å²) in [7, 11) is 0. The second-order valence-corrected chi connectivity index (χ2v) is 8.12. The minimum Gasteiger partial charge on any atom is -0.376 e. The van der Waals surface area contributed by atoms with Crippen LogP contribution in [0.4, 0.5) is 14.6 Å². The quantitative estimate of drug-likeness (QED) is 0.497. The molecular formula is C23H21F2N5O. The molecule has 0 radical (unpaired) electrons. The normalized spacial score (nSPS) is 18.6. The van der Waals surface area contributed by atoms with E-state index in [9.17, 15) is 8.78 Å². The molecule has 158 valence electrons. The van der Waals surface area contributed by atoms with Gasteiger partial charge in [0.15, 0.2) is 5.65 Å². The highest BCUT2D eigenvalue weighted by Crippen LogP contribution is 2.37. The highest BCUT2D eigenvalue weighted by Gasteiger charge is 2.30. The van der Waals surface area contributed by atoms with Crippen molar-refractivity contribution in [3.05, 3.63) is 77.4 Å². The predicted molar refractivity (Wildman–Crippen MR) is 111 cm³/mol. The summed E-state index contributed by atoms with van der Waals surface area (Å²) in [6.45, 7) is 2.10. The van der Waals surface area contributed by atoms with E-state index in [0.717, 1.165) is 55.6 Å². The van der Waals surface area contributed by atoms with E-state index in [1.807, 2.05) is 16.8 Å². The van der Waals surface area contributed by atoms with Gasteiger partial charge in [-0.05, 0) is 54.7 Å². The zero-order valence-electron chi connectivity index (χ0n) is 16.8. The summed E-state index contributed by atoms with van der Waals surface area (Å²) in [5.74, 6) is -0.0736. The van der Waals surface area contributed by atoms with Gasteiger partial charge >= 0.3 is 0 Å². The van der Waals surface area contributed by atoms with Crippen molar-refractivity contribution in [1.82, 2.24) is 19.2 Å². The van der Waals surface area contributed by atoms with E-state index in [4.69, 9.17) is 9.72 Å². The molecule has 1 aromatic carbocycles. The summed E-state index contributed by atoms with van der Waals surface area (Å²) in [5.41, 5.74) is 4.44. The molecule has 4 aromatic rings. The molecule has 1 saturated heterocycles. The Kier molecular flexibility index (Phi) is 4.27. The summed E-state index contributed by atoms with van der Waals surface area (Å²) < 4.78 is 37.6. The number of hydrogen-bond donors (Lipinski definition) is 0. The van der Waals surface area contributed by atoms with Gasteiger partial charge in [-0.15, -0.1) is 0 Å². The summed E-state index contributed by atoms with van der Waals surface area (Å²) in [5, 5.41) is 4.45. The Morgan fingerprint density at radius 3 is 2.90 bits per heavy atom. The summed E-state index contributed by atoms with van der Waals surface area (Å²) in [6, 6.07) is 5.29. The Balaban J connectivity index is 1.40. The first kappa shape index (κ1) is 18.5. The van der Waals surface area contributed by atoms with Crippen molar-refractivity contribution >= 4 is 11.5 Å². The Labute approximate surface area is 177 Å². The molecule has 5 heterocycles. The van der Waals surface area contributed by atoms with E-state index < -0.39 is 5.82 Å². The van der Waals surface area contributed by atoms with E-state index in [-0.39, 0.29) is 11.9 Å². The number of fused-ring (bicyclic) bond motifs is 2. The Bertz CT molecular complexity index is 1260. The van der Waals surface area contributed by atoms with E-state index in [2.05, 4.69) is 22.4 Å². The second kappa shape index (κ2) is 7.16.